The van der Waals surface area contributed by atoms with E-state index in [1.807, 2.05) is 20.8 Å². The van der Waals surface area contributed by atoms with E-state index in [1.165, 1.54) is 7.11 Å². The molecule has 0 radical (unpaired) electrons. The normalized spacial score (nSPS) is 16.9. The van der Waals surface area contributed by atoms with Gasteiger partial charge in [0.2, 0.25) is 0 Å². The molecule has 1 heterocycles. The molecule has 0 amide bonds. The van der Waals surface area contributed by atoms with Gasteiger partial charge >= 0.3 is 5.97 Å². The van der Waals surface area contributed by atoms with Crippen LogP contribution in [0, 0.1) is 5.41 Å². The fourth-order valence-electron chi connectivity index (χ4n) is 1.16. The number of hydrogen-bond donors (Lipinski definition) is 1. The largest absolute Gasteiger partial charge is 0.503 e. The molecule has 0 bridgehead atoms. The van der Waals surface area contributed by atoms with Crippen LogP contribution in [0.3, 0.4) is 0 Å². The lowest BCUT2D eigenvalue weighted by molar-refractivity contribution is -0.135. The Balaban J connectivity index is 3.13. The van der Waals surface area contributed by atoms with Gasteiger partial charge < -0.3 is 9.84 Å². The lowest BCUT2D eigenvalue weighted by atomic mass is 9.86. The number of aliphatic hydroxyl groups is 1. The highest BCUT2D eigenvalue weighted by Gasteiger charge is 2.23. The van der Waals surface area contributed by atoms with Crippen LogP contribution in [0.4, 0.5) is 0 Å². The van der Waals surface area contributed by atoms with Gasteiger partial charge in [-0.2, -0.15) is 0 Å². The van der Waals surface area contributed by atoms with Crippen molar-refractivity contribution in [3.8, 4) is 0 Å². The number of rotatable bonds is 1. The second kappa shape index (κ2) is 4.47. The van der Waals surface area contributed by atoms with Gasteiger partial charge in [0.15, 0.2) is 3.77 Å². The minimum atomic E-state index is -0.593. The van der Waals surface area contributed by atoms with E-state index in [-0.39, 0.29) is 11.4 Å². The van der Waals surface area contributed by atoms with E-state index in [4.69, 9.17) is 0 Å². The molecule has 0 aromatic heterocycles. The molecule has 0 spiro atoms. The monoisotopic (exact) mass is 322 g/mol. The second-order valence-electron chi connectivity index (χ2n) is 4.26. The Morgan fingerprint density at radius 3 is 2.53 bits per heavy atom. The predicted octanol–water partition coefficient (Wildman–Crippen LogP) is 2.69. The van der Waals surface area contributed by atoms with Crippen LogP contribution in [-0.2, 0) is 9.53 Å². The lowest BCUT2D eigenvalue weighted by Gasteiger charge is -2.23. The zero-order chi connectivity index (χ0) is 11.6. The zero-order valence-electron chi connectivity index (χ0n) is 9.30. The summed E-state index contributed by atoms with van der Waals surface area (Å²) in [4.78, 5) is 11.3. The maximum Gasteiger partial charge on any atom is 0.338 e. The van der Waals surface area contributed by atoms with Crippen molar-refractivity contribution in [2.24, 2.45) is 5.41 Å². The van der Waals surface area contributed by atoms with Crippen molar-refractivity contribution in [2.45, 2.75) is 20.8 Å². The van der Waals surface area contributed by atoms with Gasteiger partial charge in [0.25, 0.3) is 0 Å². The fourth-order valence-corrected chi connectivity index (χ4v) is 3.53. The van der Waals surface area contributed by atoms with Gasteiger partial charge in [-0.15, -0.1) is 0 Å². The highest BCUT2D eigenvalue weighted by molar-refractivity contribution is 14.2. The first kappa shape index (κ1) is 12.4. The van der Waals surface area contributed by atoms with E-state index in [0.29, 0.717) is 9.34 Å². The standard InChI is InChI=1S/C11H15IO3/c1-11(2,3)8-5-7(10(14)15-4)6-12-9(8)13/h5-6,13H,1-4H3. The summed E-state index contributed by atoms with van der Waals surface area (Å²) in [6.45, 7) is 6.04. The predicted molar refractivity (Wildman–Crippen MR) is 69.3 cm³/mol. The molecule has 84 valence electrons. The highest BCUT2D eigenvalue weighted by Crippen LogP contribution is 2.35. The molecule has 1 rings (SSSR count). The Morgan fingerprint density at radius 1 is 1.47 bits per heavy atom. The summed E-state index contributed by atoms with van der Waals surface area (Å²) in [5.41, 5.74) is 1.27. The zero-order valence-corrected chi connectivity index (χ0v) is 11.5. The third-order valence-corrected chi connectivity index (χ3v) is 4.18. The smallest absolute Gasteiger partial charge is 0.338 e. The number of ether oxygens (including phenoxy) is 1. The van der Waals surface area contributed by atoms with Crippen molar-refractivity contribution in [1.82, 2.24) is 0 Å². The van der Waals surface area contributed by atoms with Crippen LogP contribution in [0.5, 0.6) is 0 Å². The third-order valence-electron chi connectivity index (χ3n) is 2.03. The molecule has 1 N–H and O–H groups in total. The quantitative estimate of drug-likeness (QED) is 0.596. The molecule has 1 aliphatic heterocycles. The number of esters is 1. The highest BCUT2D eigenvalue weighted by atomic mass is 127. The number of methoxy groups -OCH3 is 1. The average Bonchev–Trinajstić information content (AvgIpc) is 2.15. The van der Waals surface area contributed by atoms with Gasteiger partial charge in [0.05, 0.1) is 12.7 Å². The minimum Gasteiger partial charge on any atom is -0.503 e. The second-order valence-corrected chi connectivity index (χ2v) is 6.53. The molecule has 0 unspecified atom stereocenters. The number of carbonyl (C=O) groups is 1. The first-order valence-corrected chi connectivity index (χ1v) is 6.89. The van der Waals surface area contributed by atoms with Gasteiger partial charge in [-0.25, -0.2) is 4.79 Å². The van der Waals surface area contributed by atoms with Crippen molar-refractivity contribution in [3.05, 3.63) is 21.0 Å². The first-order valence-electron chi connectivity index (χ1n) is 4.56. The van der Waals surface area contributed by atoms with Gasteiger partial charge in [-0.1, -0.05) is 20.8 Å². The number of hydrogen-bond acceptors (Lipinski definition) is 3. The maximum atomic E-state index is 11.3. The van der Waals surface area contributed by atoms with Crippen LogP contribution in [0.2, 0.25) is 0 Å². The summed E-state index contributed by atoms with van der Waals surface area (Å²) in [5, 5.41) is 9.78. The molecule has 0 aromatic carbocycles. The maximum absolute atomic E-state index is 11.3. The summed E-state index contributed by atoms with van der Waals surface area (Å²) in [6.07, 6.45) is 1.73. The Bertz CT molecular complexity index is 370. The van der Waals surface area contributed by atoms with Gasteiger partial charge in [-0.05, 0) is 36.2 Å². The SMILES string of the molecule is COC(=O)C1=CC(C(C)(C)C)=C(O)I=C1. The fraction of sp³-hybridized carbons (Fsp3) is 0.455. The first-order chi connectivity index (χ1) is 6.86. The molecule has 0 saturated carbocycles. The van der Waals surface area contributed by atoms with Crippen LogP contribution in [0.1, 0.15) is 20.8 Å². The van der Waals surface area contributed by atoms with Crippen molar-refractivity contribution in [3.63, 3.8) is 0 Å². The molecule has 0 aromatic rings. The molecule has 0 atom stereocenters. The van der Waals surface area contributed by atoms with E-state index in [0.717, 1.165) is 5.57 Å². The van der Waals surface area contributed by atoms with E-state index >= 15 is 0 Å². The molecule has 4 heteroatoms. The Kier molecular flexibility index (Phi) is 3.70. The Labute approximate surface area is 99.6 Å². The Morgan fingerprint density at radius 2 is 2.07 bits per heavy atom. The molecule has 0 aliphatic carbocycles. The molecule has 0 saturated heterocycles. The lowest BCUT2D eigenvalue weighted by Crippen LogP contribution is -2.14. The summed E-state index contributed by atoms with van der Waals surface area (Å²) < 4.78 is 6.89. The van der Waals surface area contributed by atoms with Gasteiger partial charge in [0.1, 0.15) is 0 Å². The van der Waals surface area contributed by atoms with E-state index in [9.17, 15) is 9.90 Å². The van der Waals surface area contributed by atoms with Crippen molar-refractivity contribution >= 4 is 30.7 Å². The summed E-state index contributed by atoms with van der Waals surface area (Å²) in [6, 6.07) is 0. The molecule has 3 nitrogen and oxygen atoms in total. The van der Waals surface area contributed by atoms with E-state index < -0.39 is 20.7 Å². The van der Waals surface area contributed by atoms with Crippen LogP contribution in [0.15, 0.2) is 21.0 Å². The topological polar surface area (TPSA) is 46.5 Å². The number of aliphatic hydroxyl groups excluding tert-OH is 1. The van der Waals surface area contributed by atoms with Crippen LogP contribution in [-0.4, -0.2) is 22.2 Å². The number of allylic oxidation sites excluding steroid dienone is 2. The average molecular weight is 322 g/mol. The molecule has 15 heavy (non-hydrogen) atoms. The number of halogens is 1. The third kappa shape index (κ3) is 2.90. The molecular formula is C11H15IO3. The summed E-state index contributed by atoms with van der Waals surface area (Å²) >= 11 is -0.593. The van der Waals surface area contributed by atoms with Crippen LogP contribution >= 0.6 is 20.7 Å². The summed E-state index contributed by atoms with van der Waals surface area (Å²) in [7, 11) is 1.37. The number of carbonyl (C=O) groups excluding carboxylic acids is 1. The molecule has 1 aliphatic rings. The molecule has 0 fully saturated rings. The minimum absolute atomic E-state index is 0.142. The Hall–Kier alpha value is -0.650. The van der Waals surface area contributed by atoms with E-state index in [2.05, 4.69) is 4.74 Å². The van der Waals surface area contributed by atoms with Crippen LogP contribution in [0.25, 0.3) is 0 Å². The van der Waals surface area contributed by atoms with Gasteiger partial charge in [0, 0.05) is 5.57 Å². The van der Waals surface area contributed by atoms with Crippen LogP contribution < -0.4 is 0 Å². The van der Waals surface area contributed by atoms with Crippen molar-refractivity contribution in [1.29, 1.82) is 0 Å². The molecular weight excluding hydrogens is 307 g/mol. The van der Waals surface area contributed by atoms with Crippen molar-refractivity contribution < 1.29 is 14.6 Å². The van der Waals surface area contributed by atoms with Crippen molar-refractivity contribution in [2.75, 3.05) is 7.11 Å². The van der Waals surface area contributed by atoms with E-state index in [1.54, 1.807) is 10.1 Å². The van der Waals surface area contributed by atoms with Gasteiger partial charge in [-0.3, -0.25) is 0 Å². The summed E-state index contributed by atoms with van der Waals surface area (Å²) in [5.74, 6) is -0.330.